The molecular formula is C17H25FN3O2+. The summed E-state index contributed by atoms with van der Waals surface area (Å²) in [6.07, 6.45) is 2.77. The van der Waals surface area contributed by atoms with Crippen molar-refractivity contribution in [1.82, 2.24) is 10.6 Å². The Kier molecular flexibility index (Phi) is 6.10. The average Bonchev–Trinajstić information content (AvgIpc) is 3.32. The summed E-state index contributed by atoms with van der Waals surface area (Å²) in [7, 11) is 1.84. The van der Waals surface area contributed by atoms with Gasteiger partial charge < -0.3 is 15.5 Å². The number of benzene rings is 1. The molecule has 0 radical (unpaired) electrons. The molecule has 1 aliphatic rings. The van der Waals surface area contributed by atoms with Gasteiger partial charge in [-0.15, -0.1) is 0 Å². The van der Waals surface area contributed by atoms with Gasteiger partial charge in [-0.25, -0.2) is 4.39 Å². The minimum absolute atomic E-state index is 0.00374. The van der Waals surface area contributed by atoms with E-state index in [0.717, 1.165) is 23.3 Å². The predicted molar refractivity (Wildman–Crippen MR) is 85.5 cm³/mol. The molecule has 5 nitrogen and oxygen atoms in total. The molecule has 126 valence electrons. The Bertz CT molecular complexity index is 543. The largest absolute Gasteiger partial charge is 0.351 e. The second-order valence-electron chi connectivity index (χ2n) is 6.25. The Morgan fingerprint density at radius 3 is 2.57 bits per heavy atom. The monoisotopic (exact) mass is 322 g/mol. The van der Waals surface area contributed by atoms with Crippen molar-refractivity contribution in [2.24, 2.45) is 0 Å². The topological polar surface area (TPSA) is 62.6 Å². The molecule has 0 aromatic heterocycles. The van der Waals surface area contributed by atoms with E-state index in [1.165, 1.54) is 12.1 Å². The fourth-order valence-corrected chi connectivity index (χ4v) is 2.27. The van der Waals surface area contributed by atoms with Gasteiger partial charge in [-0.1, -0.05) is 12.1 Å². The molecule has 1 aromatic carbocycles. The van der Waals surface area contributed by atoms with Crippen LogP contribution < -0.4 is 15.5 Å². The molecule has 0 spiro atoms. The van der Waals surface area contributed by atoms with Gasteiger partial charge in [0.25, 0.3) is 11.8 Å². The van der Waals surface area contributed by atoms with Crippen LogP contribution in [0.5, 0.6) is 0 Å². The summed E-state index contributed by atoms with van der Waals surface area (Å²) in [5.74, 6) is -0.346. The third-order valence-corrected chi connectivity index (χ3v) is 4.14. The lowest BCUT2D eigenvalue weighted by Gasteiger charge is -2.20. The molecule has 0 aliphatic heterocycles. The molecular weight excluding hydrogens is 297 g/mol. The van der Waals surface area contributed by atoms with Crippen LogP contribution in [0.4, 0.5) is 4.39 Å². The number of likely N-dealkylation sites (N-methyl/N-ethyl adjacent to an activating group) is 1. The molecule has 1 fully saturated rings. The smallest absolute Gasteiger partial charge is 0.278 e. The lowest BCUT2D eigenvalue weighted by molar-refractivity contribution is -0.886. The minimum atomic E-state index is -0.298. The molecule has 23 heavy (non-hydrogen) atoms. The Balaban J connectivity index is 1.68. The second kappa shape index (κ2) is 8.06. The summed E-state index contributed by atoms with van der Waals surface area (Å²) >= 11 is 0. The molecule has 0 saturated heterocycles. The molecule has 1 aliphatic carbocycles. The van der Waals surface area contributed by atoms with E-state index in [1.54, 1.807) is 12.1 Å². The quantitative estimate of drug-likeness (QED) is 0.613. The normalized spacial score (nSPS) is 16.5. The van der Waals surface area contributed by atoms with Crippen molar-refractivity contribution < 1.29 is 18.9 Å². The second-order valence-corrected chi connectivity index (χ2v) is 6.25. The van der Waals surface area contributed by atoms with Gasteiger partial charge >= 0.3 is 0 Å². The van der Waals surface area contributed by atoms with E-state index in [9.17, 15) is 14.0 Å². The van der Waals surface area contributed by atoms with Crippen LogP contribution in [0, 0.1) is 5.82 Å². The van der Waals surface area contributed by atoms with Crippen LogP contribution in [0.25, 0.3) is 0 Å². The molecule has 6 heteroatoms. The first-order chi connectivity index (χ1) is 11.0. The third-order valence-electron chi connectivity index (χ3n) is 4.14. The summed E-state index contributed by atoms with van der Waals surface area (Å²) in [6, 6.07) is 6.30. The molecule has 2 atom stereocenters. The number of quaternary nitrogens is 1. The van der Waals surface area contributed by atoms with Gasteiger partial charge in [0.05, 0.1) is 7.05 Å². The van der Waals surface area contributed by atoms with Gasteiger partial charge in [0.1, 0.15) is 5.82 Å². The fraction of sp³-hybridized carbons (Fsp3) is 0.529. The number of halogens is 1. The van der Waals surface area contributed by atoms with E-state index in [4.69, 9.17) is 0 Å². The van der Waals surface area contributed by atoms with Crippen LogP contribution in [-0.4, -0.2) is 44.0 Å². The molecule has 0 heterocycles. The van der Waals surface area contributed by atoms with Crippen molar-refractivity contribution in [3.8, 4) is 0 Å². The molecule has 1 aromatic rings. The van der Waals surface area contributed by atoms with Crippen LogP contribution in [0.1, 0.15) is 25.3 Å². The van der Waals surface area contributed by atoms with Gasteiger partial charge in [0, 0.05) is 12.6 Å². The molecule has 1 unspecified atom stereocenters. The zero-order chi connectivity index (χ0) is 16.8. The summed E-state index contributed by atoms with van der Waals surface area (Å²) in [6.45, 7) is 2.60. The van der Waals surface area contributed by atoms with Gasteiger partial charge in [-0.2, -0.15) is 0 Å². The number of nitrogens with one attached hydrogen (secondary N) is 3. The number of hydrogen-bond acceptors (Lipinski definition) is 2. The molecule has 2 amide bonds. The first-order valence-corrected chi connectivity index (χ1v) is 8.09. The fourth-order valence-electron chi connectivity index (χ4n) is 2.27. The average molecular weight is 322 g/mol. The number of rotatable bonds is 8. The maximum atomic E-state index is 12.8. The van der Waals surface area contributed by atoms with E-state index in [0.29, 0.717) is 25.6 Å². The van der Waals surface area contributed by atoms with E-state index in [2.05, 4.69) is 10.6 Å². The van der Waals surface area contributed by atoms with Crippen LogP contribution >= 0.6 is 0 Å². The summed E-state index contributed by atoms with van der Waals surface area (Å²) in [4.78, 5) is 24.7. The van der Waals surface area contributed by atoms with Crippen LogP contribution in [0.15, 0.2) is 24.3 Å². The first kappa shape index (κ1) is 17.4. The summed E-state index contributed by atoms with van der Waals surface area (Å²) in [5.41, 5.74) is 0.976. The lowest BCUT2D eigenvalue weighted by Crippen LogP contribution is -3.15. The third kappa shape index (κ3) is 5.98. The Morgan fingerprint density at radius 2 is 1.96 bits per heavy atom. The SMILES string of the molecule is C[C@H](C(=O)NCCc1ccc(F)cc1)[NH+](C)CC(=O)NC1CC1. The Morgan fingerprint density at radius 1 is 1.30 bits per heavy atom. The van der Waals surface area contributed by atoms with E-state index in [1.807, 2.05) is 14.0 Å². The maximum absolute atomic E-state index is 12.8. The predicted octanol–water partition coefficient (Wildman–Crippen LogP) is -0.334. The van der Waals surface area contributed by atoms with Gasteiger partial charge in [0.2, 0.25) is 0 Å². The Hall–Kier alpha value is -1.95. The van der Waals surface area contributed by atoms with Crippen molar-refractivity contribution in [1.29, 1.82) is 0 Å². The maximum Gasteiger partial charge on any atom is 0.278 e. The van der Waals surface area contributed by atoms with E-state index < -0.39 is 0 Å². The number of carbonyl (C=O) groups excluding carboxylic acids is 2. The van der Waals surface area contributed by atoms with Crippen LogP contribution in [0.2, 0.25) is 0 Å². The lowest BCUT2D eigenvalue weighted by atomic mass is 10.1. The van der Waals surface area contributed by atoms with Gasteiger partial charge in [0.15, 0.2) is 12.6 Å². The molecule has 0 bridgehead atoms. The standard InChI is InChI=1S/C17H24FN3O2/c1-12(21(2)11-16(22)20-15-7-8-15)17(23)19-10-9-13-3-5-14(18)6-4-13/h3-6,12,15H,7-11H2,1-2H3,(H,19,23)(H,20,22)/p+1/t12-/m1/s1. The van der Waals surface area contributed by atoms with Crippen molar-refractivity contribution in [2.45, 2.75) is 38.3 Å². The molecule has 1 saturated carbocycles. The summed E-state index contributed by atoms with van der Waals surface area (Å²) in [5, 5.41) is 5.79. The number of carbonyl (C=O) groups is 2. The van der Waals surface area contributed by atoms with Crippen LogP contribution in [0.3, 0.4) is 0 Å². The number of hydrogen-bond donors (Lipinski definition) is 3. The first-order valence-electron chi connectivity index (χ1n) is 8.09. The van der Waals surface area contributed by atoms with Crippen molar-refractivity contribution in [3.63, 3.8) is 0 Å². The van der Waals surface area contributed by atoms with Crippen molar-refractivity contribution in [3.05, 3.63) is 35.6 Å². The molecule has 3 N–H and O–H groups in total. The van der Waals surface area contributed by atoms with Crippen molar-refractivity contribution >= 4 is 11.8 Å². The zero-order valence-corrected chi connectivity index (χ0v) is 13.7. The van der Waals surface area contributed by atoms with Gasteiger partial charge in [-0.3, -0.25) is 9.59 Å². The number of amides is 2. The minimum Gasteiger partial charge on any atom is -0.351 e. The van der Waals surface area contributed by atoms with E-state index in [-0.39, 0.29) is 23.7 Å². The highest BCUT2D eigenvalue weighted by Gasteiger charge is 2.27. The van der Waals surface area contributed by atoms with Crippen LogP contribution in [-0.2, 0) is 16.0 Å². The zero-order valence-electron chi connectivity index (χ0n) is 13.7. The highest BCUT2D eigenvalue weighted by molar-refractivity contribution is 5.81. The molecule has 2 rings (SSSR count). The Labute approximate surface area is 136 Å². The van der Waals surface area contributed by atoms with Crippen molar-refractivity contribution in [2.75, 3.05) is 20.1 Å². The highest BCUT2D eigenvalue weighted by atomic mass is 19.1. The van der Waals surface area contributed by atoms with E-state index >= 15 is 0 Å². The highest BCUT2D eigenvalue weighted by Crippen LogP contribution is 2.17. The summed E-state index contributed by atoms with van der Waals surface area (Å²) < 4.78 is 12.8. The van der Waals surface area contributed by atoms with Gasteiger partial charge in [-0.05, 0) is 43.9 Å².